The highest BCUT2D eigenvalue weighted by Crippen LogP contribution is 2.75. The summed E-state index contributed by atoms with van der Waals surface area (Å²) in [5.41, 5.74) is 1.61. The van der Waals surface area contributed by atoms with Crippen LogP contribution in [0.2, 0.25) is 0 Å². The monoisotopic (exact) mass is 483 g/mol. The average Bonchev–Trinajstić information content (AvgIpc) is 3.35. The highest BCUT2D eigenvalue weighted by molar-refractivity contribution is 5.33. The van der Waals surface area contributed by atoms with Crippen LogP contribution in [0, 0.1) is 39.9 Å². The SMILES string of the molecule is CC1(C)CCC[C@](C)([C@H]2CC[C@]3(C)[C@@H]2[C@H](O)C[C@@H]2[C@@]4(C)Cc5cnoc5C(C)(C)[C@@H]4CC[C@]23C)O1. The third-order valence-corrected chi connectivity index (χ3v) is 13.1. The molecule has 4 aliphatic carbocycles. The van der Waals surface area contributed by atoms with Crippen molar-refractivity contribution in [2.24, 2.45) is 39.9 Å². The van der Waals surface area contributed by atoms with Gasteiger partial charge in [-0.3, -0.25) is 0 Å². The van der Waals surface area contributed by atoms with E-state index < -0.39 is 0 Å². The molecule has 1 aromatic heterocycles. The highest BCUT2D eigenvalue weighted by Gasteiger charge is 2.71. The molecule has 9 atom stereocenters. The van der Waals surface area contributed by atoms with Crippen LogP contribution in [0.4, 0.5) is 0 Å². The number of fused-ring (bicyclic) bond motifs is 6. The number of hydrogen-bond acceptors (Lipinski definition) is 4. The van der Waals surface area contributed by atoms with E-state index in [0.29, 0.717) is 23.7 Å². The van der Waals surface area contributed by atoms with Gasteiger partial charge in [0, 0.05) is 11.0 Å². The predicted molar refractivity (Wildman–Crippen MR) is 138 cm³/mol. The van der Waals surface area contributed by atoms with Crippen molar-refractivity contribution < 1.29 is 14.4 Å². The van der Waals surface area contributed by atoms with Crippen LogP contribution in [-0.4, -0.2) is 27.6 Å². The fourth-order valence-corrected chi connectivity index (χ4v) is 11.6. The van der Waals surface area contributed by atoms with Gasteiger partial charge in [0.15, 0.2) is 0 Å². The topological polar surface area (TPSA) is 55.5 Å². The van der Waals surface area contributed by atoms with Gasteiger partial charge in [-0.05, 0) is 118 Å². The second-order valence-corrected chi connectivity index (χ2v) is 15.6. The minimum atomic E-state index is -0.251. The molecular formula is C31H49NO3. The number of aliphatic hydroxyl groups is 1. The lowest BCUT2D eigenvalue weighted by Crippen LogP contribution is -2.66. The molecule has 0 amide bonds. The van der Waals surface area contributed by atoms with E-state index in [2.05, 4.69) is 60.5 Å². The molecule has 0 unspecified atom stereocenters. The molecule has 0 radical (unpaired) electrons. The summed E-state index contributed by atoms with van der Waals surface area (Å²) in [5.74, 6) is 2.93. The Balaban J connectivity index is 1.39. The van der Waals surface area contributed by atoms with Crippen molar-refractivity contribution in [3.8, 4) is 0 Å². The van der Waals surface area contributed by atoms with Gasteiger partial charge in [0.25, 0.3) is 0 Å². The summed E-state index contributed by atoms with van der Waals surface area (Å²) in [5, 5.41) is 16.3. The van der Waals surface area contributed by atoms with Crippen molar-refractivity contribution in [2.75, 3.05) is 0 Å². The Labute approximate surface area is 212 Å². The first-order chi connectivity index (χ1) is 16.2. The maximum atomic E-state index is 12.0. The Morgan fingerprint density at radius 3 is 2.31 bits per heavy atom. The molecule has 2 heterocycles. The van der Waals surface area contributed by atoms with E-state index in [1.807, 2.05) is 6.20 Å². The Hall–Kier alpha value is -0.870. The number of hydrogen-bond donors (Lipinski definition) is 1. The van der Waals surface area contributed by atoms with Crippen molar-refractivity contribution in [3.05, 3.63) is 17.5 Å². The van der Waals surface area contributed by atoms with Gasteiger partial charge in [-0.15, -0.1) is 0 Å². The maximum absolute atomic E-state index is 12.0. The first-order valence-corrected chi connectivity index (χ1v) is 14.5. The maximum Gasteiger partial charge on any atom is 0.145 e. The fraction of sp³-hybridized carbons (Fsp3) is 0.903. The fourth-order valence-electron chi connectivity index (χ4n) is 11.6. The van der Waals surface area contributed by atoms with Crippen molar-refractivity contribution in [1.29, 1.82) is 0 Å². The molecule has 4 fully saturated rings. The molecule has 1 N–H and O–H groups in total. The van der Waals surface area contributed by atoms with Gasteiger partial charge in [-0.1, -0.05) is 39.8 Å². The zero-order valence-corrected chi connectivity index (χ0v) is 23.5. The summed E-state index contributed by atoms with van der Waals surface area (Å²) in [6, 6.07) is 0. The van der Waals surface area contributed by atoms with Crippen LogP contribution in [0.25, 0.3) is 0 Å². The molecule has 0 bridgehead atoms. The number of nitrogens with zero attached hydrogens (tertiary/aromatic N) is 1. The molecule has 6 rings (SSSR count). The average molecular weight is 484 g/mol. The number of rotatable bonds is 1. The predicted octanol–water partition coefficient (Wildman–Crippen LogP) is 7.08. The third kappa shape index (κ3) is 3.02. The van der Waals surface area contributed by atoms with E-state index in [1.165, 1.54) is 37.7 Å². The van der Waals surface area contributed by atoms with Crippen molar-refractivity contribution in [3.63, 3.8) is 0 Å². The first kappa shape index (κ1) is 24.5. The third-order valence-electron chi connectivity index (χ3n) is 13.1. The Bertz CT molecular complexity index is 1010. The summed E-state index contributed by atoms with van der Waals surface area (Å²) in [7, 11) is 0. The Morgan fingerprint density at radius 2 is 1.60 bits per heavy atom. The van der Waals surface area contributed by atoms with E-state index in [4.69, 9.17) is 9.26 Å². The molecule has 196 valence electrons. The lowest BCUT2D eigenvalue weighted by Gasteiger charge is -2.69. The molecule has 1 aromatic rings. The lowest BCUT2D eigenvalue weighted by atomic mass is 9.35. The van der Waals surface area contributed by atoms with Gasteiger partial charge in [0.1, 0.15) is 5.76 Å². The van der Waals surface area contributed by atoms with Gasteiger partial charge in [-0.25, -0.2) is 0 Å². The van der Waals surface area contributed by atoms with Crippen LogP contribution in [0.3, 0.4) is 0 Å². The Morgan fingerprint density at radius 1 is 0.886 bits per heavy atom. The van der Waals surface area contributed by atoms with E-state index >= 15 is 0 Å². The van der Waals surface area contributed by atoms with Crippen LogP contribution < -0.4 is 0 Å². The second-order valence-electron chi connectivity index (χ2n) is 15.6. The second kappa shape index (κ2) is 7.16. The summed E-state index contributed by atoms with van der Waals surface area (Å²) < 4.78 is 12.7. The molecule has 1 saturated heterocycles. The summed E-state index contributed by atoms with van der Waals surface area (Å²) >= 11 is 0. The summed E-state index contributed by atoms with van der Waals surface area (Å²) in [4.78, 5) is 0. The van der Waals surface area contributed by atoms with E-state index in [9.17, 15) is 5.11 Å². The van der Waals surface area contributed by atoms with Crippen LogP contribution >= 0.6 is 0 Å². The molecule has 4 heteroatoms. The van der Waals surface area contributed by atoms with Crippen LogP contribution in [0.15, 0.2) is 10.7 Å². The van der Waals surface area contributed by atoms with Crippen LogP contribution in [0.5, 0.6) is 0 Å². The van der Waals surface area contributed by atoms with Crippen molar-refractivity contribution >= 4 is 0 Å². The normalized spacial score (nSPS) is 52.2. The van der Waals surface area contributed by atoms with Crippen molar-refractivity contribution in [1.82, 2.24) is 5.16 Å². The van der Waals surface area contributed by atoms with Crippen molar-refractivity contribution in [2.45, 2.75) is 136 Å². The van der Waals surface area contributed by atoms with E-state index in [-0.39, 0.29) is 39.0 Å². The molecule has 35 heavy (non-hydrogen) atoms. The standard InChI is InChI=1S/C31H49NO3/c1-26(2)12-9-13-31(8,35-26)20-10-14-30(7)24(20)21(33)16-23-28(5)17-19-18-32-34-25(19)27(3,4)22(28)11-15-29(23,30)6/h18,20-24,33H,9-17H2,1-8H3/t20-,21+,22-,23+,24-,28-,29+,30+,31+/m0/s1. The number of ether oxygens (including phenoxy) is 1. The molecule has 1 aliphatic heterocycles. The zero-order valence-electron chi connectivity index (χ0n) is 23.5. The van der Waals surface area contributed by atoms with Gasteiger partial charge in [-0.2, -0.15) is 0 Å². The zero-order chi connectivity index (χ0) is 25.2. The van der Waals surface area contributed by atoms with E-state index in [0.717, 1.165) is 31.4 Å². The summed E-state index contributed by atoms with van der Waals surface area (Å²) in [6.45, 7) is 19.4. The van der Waals surface area contributed by atoms with Gasteiger partial charge in [0.2, 0.25) is 0 Å². The molecular weight excluding hydrogens is 434 g/mol. The van der Waals surface area contributed by atoms with Gasteiger partial charge in [0.05, 0.1) is 23.5 Å². The smallest absolute Gasteiger partial charge is 0.145 e. The molecule has 4 nitrogen and oxygen atoms in total. The minimum absolute atomic E-state index is 0.0178. The number of aromatic nitrogens is 1. The number of aliphatic hydroxyl groups excluding tert-OH is 1. The Kier molecular flexibility index (Phi) is 5.00. The lowest BCUT2D eigenvalue weighted by molar-refractivity contribution is -0.243. The van der Waals surface area contributed by atoms with Gasteiger partial charge < -0.3 is 14.4 Å². The highest BCUT2D eigenvalue weighted by atomic mass is 16.5. The minimum Gasteiger partial charge on any atom is -0.393 e. The molecule has 0 spiro atoms. The quantitative estimate of drug-likeness (QED) is 0.463. The van der Waals surface area contributed by atoms with Crippen LogP contribution in [0.1, 0.15) is 118 Å². The first-order valence-electron chi connectivity index (χ1n) is 14.5. The molecule has 0 aromatic carbocycles. The summed E-state index contributed by atoms with van der Waals surface area (Å²) in [6.07, 6.45) is 12.1. The largest absolute Gasteiger partial charge is 0.393 e. The van der Waals surface area contributed by atoms with Crippen LogP contribution in [-0.2, 0) is 16.6 Å². The van der Waals surface area contributed by atoms with E-state index in [1.54, 1.807) is 0 Å². The molecule has 5 aliphatic rings. The molecule has 3 saturated carbocycles. The van der Waals surface area contributed by atoms with Gasteiger partial charge >= 0.3 is 0 Å².